The molecule has 0 aliphatic heterocycles. The molecule has 0 bridgehead atoms. The van der Waals surface area contributed by atoms with Crippen LogP contribution in [-0.2, 0) is 0 Å². The third kappa shape index (κ3) is 3.24. The first kappa shape index (κ1) is 14.9. The predicted octanol–water partition coefficient (Wildman–Crippen LogP) is 3.85. The van der Waals surface area contributed by atoms with E-state index in [0.29, 0.717) is 0 Å². The van der Waals surface area contributed by atoms with Crippen LogP contribution in [-0.4, -0.2) is 12.8 Å². The summed E-state index contributed by atoms with van der Waals surface area (Å²) in [6.45, 7) is 0. The SMILES string of the molecule is CN=C1C=CC(=C(c2ccc(N)cc2)c2ccc(N)cc2)C=C1. The van der Waals surface area contributed by atoms with Crippen LogP contribution >= 0.6 is 0 Å². The molecule has 4 N–H and O–H groups in total. The number of aliphatic imine (C=N–C) groups is 1. The average molecular weight is 301 g/mol. The van der Waals surface area contributed by atoms with Gasteiger partial charge in [0.25, 0.3) is 0 Å². The van der Waals surface area contributed by atoms with E-state index in [4.69, 9.17) is 11.5 Å². The lowest BCUT2D eigenvalue weighted by atomic mass is 9.90. The van der Waals surface area contributed by atoms with Gasteiger partial charge in [0.2, 0.25) is 0 Å². The van der Waals surface area contributed by atoms with Gasteiger partial charge in [-0.05, 0) is 58.7 Å². The monoisotopic (exact) mass is 301 g/mol. The van der Waals surface area contributed by atoms with Gasteiger partial charge in [-0.1, -0.05) is 36.4 Å². The molecular weight excluding hydrogens is 282 g/mol. The molecule has 0 amide bonds. The van der Waals surface area contributed by atoms with Crippen LogP contribution in [0.4, 0.5) is 11.4 Å². The number of anilines is 2. The molecule has 2 aromatic carbocycles. The van der Waals surface area contributed by atoms with Crippen molar-refractivity contribution >= 4 is 22.7 Å². The number of allylic oxidation sites excluding steroid dienone is 5. The summed E-state index contributed by atoms with van der Waals surface area (Å²) in [5, 5.41) is 0. The molecule has 0 saturated heterocycles. The molecular formula is C20H19N3. The molecule has 3 nitrogen and oxygen atoms in total. The van der Waals surface area contributed by atoms with Crippen LogP contribution in [0.1, 0.15) is 11.1 Å². The van der Waals surface area contributed by atoms with E-state index in [0.717, 1.165) is 39.4 Å². The summed E-state index contributed by atoms with van der Waals surface area (Å²) >= 11 is 0. The molecule has 1 aliphatic rings. The van der Waals surface area contributed by atoms with Crippen molar-refractivity contribution in [2.24, 2.45) is 4.99 Å². The summed E-state index contributed by atoms with van der Waals surface area (Å²) in [6, 6.07) is 15.8. The van der Waals surface area contributed by atoms with Crippen molar-refractivity contribution in [2.45, 2.75) is 0 Å². The third-order valence-corrected chi connectivity index (χ3v) is 3.81. The highest BCUT2D eigenvalue weighted by Gasteiger charge is 2.11. The Balaban J connectivity index is 2.17. The molecule has 0 fully saturated rings. The molecule has 1 aliphatic carbocycles. The Hall–Kier alpha value is -3.07. The largest absolute Gasteiger partial charge is 0.399 e. The van der Waals surface area contributed by atoms with Crippen molar-refractivity contribution in [3.8, 4) is 0 Å². The second-order valence-electron chi connectivity index (χ2n) is 5.39. The lowest BCUT2D eigenvalue weighted by Crippen LogP contribution is -1.98. The molecule has 0 atom stereocenters. The number of hydrogen-bond donors (Lipinski definition) is 2. The molecule has 0 spiro atoms. The zero-order chi connectivity index (χ0) is 16.2. The minimum atomic E-state index is 0.755. The fourth-order valence-corrected chi connectivity index (χ4v) is 2.58. The van der Waals surface area contributed by atoms with Gasteiger partial charge in [-0.15, -0.1) is 0 Å². The van der Waals surface area contributed by atoms with Crippen LogP contribution in [0, 0.1) is 0 Å². The zero-order valence-electron chi connectivity index (χ0n) is 13.0. The molecule has 2 aromatic rings. The van der Waals surface area contributed by atoms with Crippen molar-refractivity contribution in [1.82, 2.24) is 0 Å². The highest BCUT2D eigenvalue weighted by Crippen LogP contribution is 2.30. The fourth-order valence-electron chi connectivity index (χ4n) is 2.58. The summed E-state index contributed by atoms with van der Waals surface area (Å²) in [4.78, 5) is 4.20. The maximum absolute atomic E-state index is 5.82. The minimum absolute atomic E-state index is 0.755. The van der Waals surface area contributed by atoms with Gasteiger partial charge >= 0.3 is 0 Å². The highest BCUT2D eigenvalue weighted by atomic mass is 14.7. The van der Waals surface area contributed by atoms with Crippen LogP contribution in [0.3, 0.4) is 0 Å². The van der Waals surface area contributed by atoms with Gasteiger partial charge < -0.3 is 11.5 Å². The number of rotatable bonds is 2. The van der Waals surface area contributed by atoms with Crippen molar-refractivity contribution < 1.29 is 0 Å². The van der Waals surface area contributed by atoms with Crippen molar-refractivity contribution in [3.63, 3.8) is 0 Å². The van der Waals surface area contributed by atoms with Gasteiger partial charge in [0.15, 0.2) is 0 Å². The molecule has 3 rings (SSSR count). The van der Waals surface area contributed by atoms with Gasteiger partial charge in [-0.3, -0.25) is 4.99 Å². The van der Waals surface area contributed by atoms with Crippen molar-refractivity contribution in [2.75, 3.05) is 18.5 Å². The summed E-state index contributed by atoms with van der Waals surface area (Å²) in [7, 11) is 1.79. The van der Waals surface area contributed by atoms with E-state index in [-0.39, 0.29) is 0 Å². The van der Waals surface area contributed by atoms with Crippen LogP contribution in [0.2, 0.25) is 0 Å². The van der Waals surface area contributed by atoms with E-state index >= 15 is 0 Å². The Morgan fingerprint density at radius 3 is 1.52 bits per heavy atom. The molecule has 0 heterocycles. The van der Waals surface area contributed by atoms with E-state index in [1.807, 2.05) is 60.7 Å². The molecule has 0 unspecified atom stereocenters. The number of nitrogen functional groups attached to an aromatic ring is 2. The lowest BCUT2D eigenvalue weighted by Gasteiger charge is -2.14. The van der Waals surface area contributed by atoms with E-state index in [9.17, 15) is 0 Å². The first-order valence-corrected chi connectivity index (χ1v) is 7.46. The second kappa shape index (κ2) is 6.36. The number of nitrogens with zero attached hydrogens (tertiary/aromatic N) is 1. The van der Waals surface area contributed by atoms with Crippen LogP contribution < -0.4 is 11.5 Å². The topological polar surface area (TPSA) is 64.4 Å². The number of hydrogen-bond acceptors (Lipinski definition) is 3. The Labute approximate surface area is 136 Å². The van der Waals surface area contributed by atoms with Crippen LogP contribution in [0.25, 0.3) is 5.57 Å². The van der Waals surface area contributed by atoms with Gasteiger partial charge in [0.1, 0.15) is 0 Å². The zero-order valence-corrected chi connectivity index (χ0v) is 13.0. The second-order valence-corrected chi connectivity index (χ2v) is 5.39. The summed E-state index contributed by atoms with van der Waals surface area (Å²) < 4.78 is 0. The van der Waals surface area contributed by atoms with Crippen molar-refractivity contribution in [3.05, 3.63) is 89.5 Å². The molecule has 114 valence electrons. The van der Waals surface area contributed by atoms with Crippen molar-refractivity contribution in [1.29, 1.82) is 0 Å². The third-order valence-electron chi connectivity index (χ3n) is 3.81. The standard InChI is InChI=1S/C20H19N3/c1-23-19-12-6-16(7-13-19)20(14-2-8-17(21)9-3-14)15-4-10-18(22)11-5-15/h2-13H,21-22H2,1H3. The maximum atomic E-state index is 5.82. The Morgan fingerprint density at radius 1 is 0.696 bits per heavy atom. The fraction of sp³-hybridized carbons (Fsp3) is 0.0500. The van der Waals surface area contributed by atoms with Gasteiger partial charge in [0.05, 0.1) is 5.71 Å². The van der Waals surface area contributed by atoms with E-state index in [1.165, 1.54) is 0 Å². The molecule has 0 saturated carbocycles. The van der Waals surface area contributed by atoms with Gasteiger partial charge in [-0.25, -0.2) is 0 Å². The van der Waals surface area contributed by atoms with E-state index in [1.54, 1.807) is 7.05 Å². The van der Waals surface area contributed by atoms with E-state index in [2.05, 4.69) is 17.1 Å². The Kier molecular flexibility index (Phi) is 4.11. The first-order chi connectivity index (χ1) is 11.2. The highest BCUT2D eigenvalue weighted by molar-refractivity contribution is 6.07. The predicted molar refractivity (Wildman–Crippen MR) is 99.4 cm³/mol. The smallest absolute Gasteiger partial charge is 0.0571 e. The lowest BCUT2D eigenvalue weighted by molar-refractivity contribution is 1.44. The Morgan fingerprint density at radius 2 is 1.13 bits per heavy atom. The molecule has 23 heavy (non-hydrogen) atoms. The van der Waals surface area contributed by atoms with Gasteiger partial charge in [-0.2, -0.15) is 0 Å². The number of benzene rings is 2. The molecule has 0 radical (unpaired) electrons. The quantitative estimate of drug-likeness (QED) is 0.827. The summed E-state index contributed by atoms with van der Waals surface area (Å²) in [5.41, 5.74) is 18.6. The summed E-state index contributed by atoms with van der Waals surface area (Å²) in [5.74, 6) is 0. The minimum Gasteiger partial charge on any atom is -0.399 e. The van der Waals surface area contributed by atoms with Crippen LogP contribution in [0.5, 0.6) is 0 Å². The molecule has 3 heteroatoms. The van der Waals surface area contributed by atoms with Gasteiger partial charge in [0, 0.05) is 18.4 Å². The van der Waals surface area contributed by atoms with Crippen LogP contribution in [0.15, 0.2) is 83.4 Å². The van der Waals surface area contributed by atoms with E-state index < -0.39 is 0 Å². The maximum Gasteiger partial charge on any atom is 0.0571 e. The Bertz CT molecular complexity index is 755. The molecule has 0 aromatic heterocycles. The first-order valence-electron chi connectivity index (χ1n) is 7.46. The summed E-state index contributed by atoms with van der Waals surface area (Å²) in [6.07, 6.45) is 8.21. The normalized spacial score (nSPS) is 13.3. The average Bonchev–Trinajstić information content (AvgIpc) is 2.59. The number of nitrogens with two attached hydrogens (primary N) is 2.